The average molecular weight is 381 g/mol. The number of hydrogen-bond acceptors (Lipinski definition) is 4. The Labute approximate surface area is 146 Å². The van der Waals surface area contributed by atoms with Crippen LogP contribution in [0, 0.1) is 0 Å². The van der Waals surface area contributed by atoms with Gasteiger partial charge in [0, 0.05) is 5.69 Å². The van der Waals surface area contributed by atoms with E-state index in [-0.39, 0.29) is 12.2 Å². The molecular formula is C14H16ClF3N4O3. The highest BCUT2D eigenvalue weighted by Crippen LogP contribution is 2.36. The smallest absolute Gasteiger partial charge is 0.351 e. The number of anilines is 1. The van der Waals surface area contributed by atoms with E-state index in [1.54, 1.807) is 0 Å². The summed E-state index contributed by atoms with van der Waals surface area (Å²) in [5.74, 6) is -1.37. The number of halogens is 4. The van der Waals surface area contributed by atoms with Gasteiger partial charge in [0.1, 0.15) is 0 Å². The molecule has 0 aromatic heterocycles. The van der Waals surface area contributed by atoms with Crippen molar-refractivity contribution in [3.05, 3.63) is 28.8 Å². The van der Waals surface area contributed by atoms with E-state index in [1.807, 2.05) is 5.32 Å². The fraction of sp³-hybridized carbons (Fsp3) is 0.357. The fourth-order valence-electron chi connectivity index (χ4n) is 1.81. The minimum atomic E-state index is -4.66. The number of nitrogens with two attached hydrogens (primary N) is 1. The second-order valence-electron chi connectivity index (χ2n) is 5.19. The van der Waals surface area contributed by atoms with E-state index >= 15 is 0 Å². The third kappa shape index (κ3) is 6.24. The Balaban J connectivity index is 2.74. The van der Waals surface area contributed by atoms with Crippen LogP contribution in [-0.2, 0) is 15.8 Å². The van der Waals surface area contributed by atoms with E-state index in [2.05, 4.69) is 5.32 Å². The topological polar surface area (TPSA) is 105 Å². The summed E-state index contributed by atoms with van der Waals surface area (Å²) in [7, 11) is 1.42. The number of carbonyl (C=O) groups excluding carboxylic acids is 3. The zero-order chi connectivity index (χ0) is 19.4. The molecule has 1 atom stereocenters. The maximum Gasteiger partial charge on any atom is 0.417 e. The van der Waals surface area contributed by atoms with Gasteiger partial charge < -0.3 is 11.1 Å². The van der Waals surface area contributed by atoms with Gasteiger partial charge in [-0.05, 0) is 32.2 Å². The van der Waals surface area contributed by atoms with Crippen LogP contribution in [0.2, 0.25) is 5.02 Å². The average Bonchev–Trinajstić information content (AvgIpc) is 2.46. The first-order valence-electron chi connectivity index (χ1n) is 6.89. The van der Waals surface area contributed by atoms with E-state index in [9.17, 15) is 27.6 Å². The highest BCUT2D eigenvalue weighted by atomic mass is 35.5. The minimum Gasteiger partial charge on any atom is -0.351 e. The molecule has 0 fully saturated rings. The molecule has 0 aliphatic carbocycles. The third-order valence-electron chi connectivity index (χ3n) is 3.24. The quantitative estimate of drug-likeness (QED) is 0.724. The van der Waals surface area contributed by atoms with Crippen LogP contribution in [0.5, 0.6) is 0 Å². The molecule has 25 heavy (non-hydrogen) atoms. The van der Waals surface area contributed by atoms with E-state index in [0.29, 0.717) is 6.07 Å². The highest BCUT2D eigenvalue weighted by Gasteiger charge is 2.33. The molecule has 4 amide bonds. The lowest BCUT2D eigenvalue weighted by Gasteiger charge is -2.22. The van der Waals surface area contributed by atoms with Gasteiger partial charge in [-0.3, -0.25) is 19.8 Å². The first-order chi connectivity index (χ1) is 11.4. The van der Waals surface area contributed by atoms with Gasteiger partial charge in [-0.2, -0.15) is 13.2 Å². The number of likely N-dealkylation sites (N-methyl/N-ethyl adjacent to an activating group) is 1. The summed E-state index contributed by atoms with van der Waals surface area (Å²) in [5, 5.41) is 3.66. The molecule has 1 rings (SSSR count). The number of carbonyl (C=O) groups is 3. The second kappa shape index (κ2) is 8.17. The van der Waals surface area contributed by atoms with Crippen molar-refractivity contribution in [3.63, 3.8) is 0 Å². The minimum absolute atomic E-state index is 0.0932. The Morgan fingerprint density at radius 1 is 1.32 bits per heavy atom. The van der Waals surface area contributed by atoms with Crippen molar-refractivity contribution < 1.29 is 27.6 Å². The van der Waals surface area contributed by atoms with Crippen LogP contribution in [0.15, 0.2) is 18.2 Å². The molecule has 0 bridgehead atoms. The van der Waals surface area contributed by atoms with E-state index in [0.717, 1.165) is 6.07 Å². The maximum atomic E-state index is 12.8. The number of alkyl halides is 3. The Hall–Kier alpha value is -2.33. The summed E-state index contributed by atoms with van der Waals surface area (Å²) in [6.07, 6.45) is -4.66. The van der Waals surface area contributed by atoms with Crippen LogP contribution in [0.1, 0.15) is 12.5 Å². The lowest BCUT2D eigenvalue weighted by Crippen LogP contribution is -2.48. The van der Waals surface area contributed by atoms with Gasteiger partial charge in [0.05, 0.1) is 23.2 Å². The van der Waals surface area contributed by atoms with Crippen molar-refractivity contribution in [3.8, 4) is 0 Å². The molecule has 0 radical (unpaired) electrons. The van der Waals surface area contributed by atoms with Gasteiger partial charge in [0.15, 0.2) is 0 Å². The van der Waals surface area contributed by atoms with Gasteiger partial charge in [-0.15, -0.1) is 0 Å². The molecule has 0 heterocycles. The van der Waals surface area contributed by atoms with Crippen molar-refractivity contribution in [2.45, 2.75) is 19.1 Å². The predicted molar refractivity (Wildman–Crippen MR) is 84.9 cm³/mol. The SMILES string of the molecule is C[C@@H](C(=O)NC(N)=O)N(C)CC(=O)Nc1ccc(Cl)c(C(F)(F)F)c1. The van der Waals surface area contributed by atoms with Gasteiger partial charge in [-0.1, -0.05) is 11.6 Å². The Kier molecular flexibility index (Phi) is 6.77. The molecule has 7 nitrogen and oxygen atoms in total. The summed E-state index contributed by atoms with van der Waals surface area (Å²) < 4.78 is 38.4. The zero-order valence-corrected chi connectivity index (χ0v) is 14.0. The fourth-order valence-corrected chi connectivity index (χ4v) is 2.03. The van der Waals surface area contributed by atoms with Gasteiger partial charge >= 0.3 is 12.2 Å². The largest absolute Gasteiger partial charge is 0.417 e. The lowest BCUT2D eigenvalue weighted by molar-refractivity contribution is -0.137. The van der Waals surface area contributed by atoms with Crippen molar-refractivity contribution in [2.75, 3.05) is 18.9 Å². The molecule has 4 N–H and O–H groups in total. The molecule has 0 aliphatic rings. The van der Waals surface area contributed by atoms with Crippen molar-refractivity contribution >= 4 is 35.1 Å². The lowest BCUT2D eigenvalue weighted by atomic mass is 10.2. The summed E-state index contributed by atoms with van der Waals surface area (Å²) in [6.45, 7) is 1.12. The van der Waals surface area contributed by atoms with Crippen LogP contribution < -0.4 is 16.4 Å². The molecule has 11 heteroatoms. The normalized spacial score (nSPS) is 12.6. The number of rotatable bonds is 5. The summed E-state index contributed by atoms with van der Waals surface area (Å²) in [5.41, 5.74) is 3.66. The molecule has 0 saturated heterocycles. The summed E-state index contributed by atoms with van der Waals surface area (Å²) >= 11 is 5.50. The van der Waals surface area contributed by atoms with Gasteiger partial charge in [0.2, 0.25) is 11.8 Å². The molecule has 0 saturated carbocycles. The van der Waals surface area contributed by atoms with Crippen LogP contribution in [0.25, 0.3) is 0 Å². The van der Waals surface area contributed by atoms with Gasteiger partial charge in [-0.25, -0.2) is 4.79 Å². The number of nitrogens with zero attached hydrogens (tertiary/aromatic N) is 1. The van der Waals surface area contributed by atoms with E-state index in [4.69, 9.17) is 17.3 Å². The van der Waals surface area contributed by atoms with Crippen LogP contribution in [0.3, 0.4) is 0 Å². The first kappa shape index (κ1) is 20.7. The van der Waals surface area contributed by atoms with E-state index in [1.165, 1.54) is 24.9 Å². The number of primary amides is 1. The summed E-state index contributed by atoms with van der Waals surface area (Å²) in [6, 6.07) is 1.05. The number of urea groups is 1. The van der Waals surface area contributed by atoms with Crippen molar-refractivity contribution in [2.24, 2.45) is 5.73 Å². The standard InChI is InChI=1S/C14H16ClF3N4O3/c1-7(12(24)21-13(19)25)22(2)6-11(23)20-8-3-4-10(15)9(5-8)14(16,17)18/h3-5,7H,6H2,1-2H3,(H,20,23)(H3,19,21,24,25)/t7-/m0/s1. The number of amides is 4. The highest BCUT2D eigenvalue weighted by molar-refractivity contribution is 6.31. The Morgan fingerprint density at radius 3 is 2.44 bits per heavy atom. The molecule has 0 unspecified atom stereocenters. The monoisotopic (exact) mass is 380 g/mol. The number of benzene rings is 1. The number of imide groups is 1. The van der Waals surface area contributed by atoms with Crippen molar-refractivity contribution in [1.82, 2.24) is 10.2 Å². The van der Waals surface area contributed by atoms with Crippen molar-refractivity contribution in [1.29, 1.82) is 0 Å². The Bertz CT molecular complexity index is 682. The molecule has 0 aliphatic heterocycles. The maximum absolute atomic E-state index is 12.8. The second-order valence-corrected chi connectivity index (χ2v) is 5.59. The first-order valence-corrected chi connectivity index (χ1v) is 7.26. The molecule has 1 aromatic carbocycles. The molecular weight excluding hydrogens is 365 g/mol. The molecule has 1 aromatic rings. The van der Waals surface area contributed by atoms with Gasteiger partial charge in [0.25, 0.3) is 0 Å². The van der Waals surface area contributed by atoms with E-state index < -0.39 is 40.6 Å². The number of nitrogens with one attached hydrogen (secondary N) is 2. The summed E-state index contributed by atoms with van der Waals surface area (Å²) in [4.78, 5) is 35.4. The zero-order valence-electron chi connectivity index (χ0n) is 13.3. The molecule has 138 valence electrons. The van der Waals surface area contributed by atoms with Crippen LogP contribution >= 0.6 is 11.6 Å². The van der Waals surface area contributed by atoms with Crippen LogP contribution in [0.4, 0.5) is 23.7 Å². The molecule has 0 spiro atoms. The Morgan fingerprint density at radius 2 is 1.92 bits per heavy atom. The third-order valence-corrected chi connectivity index (χ3v) is 3.57. The number of hydrogen-bond donors (Lipinski definition) is 3. The predicted octanol–water partition coefficient (Wildman–Crippen LogP) is 1.81. The van der Waals surface area contributed by atoms with Crippen LogP contribution in [-0.4, -0.2) is 42.4 Å².